The zero-order valence-corrected chi connectivity index (χ0v) is 29.9. The van der Waals surface area contributed by atoms with Crippen LogP contribution in [0.3, 0.4) is 0 Å². The van der Waals surface area contributed by atoms with E-state index >= 15 is 0 Å². The summed E-state index contributed by atoms with van der Waals surface area (Å²) in [6.45, 7) is 0. The minimum absolute atomic E-state index is 0.563. The molecule has 0 saturated carbocycles. The molecule has 55 heavy (non-hydrogen) atoms. The maximum absolute atomic E-state index is 5.32. The average molecular weight is 703 g/mol. The third-order valence-electron chi connectivity index (χ3n) is 10.3. The quantitative estimate of drug-likeness (QED) is 0.166. The molecule has 2 aromatic heterocycles. The van der Waals surface area contributed by atoms with Gasteiger partial charge in [0, 0.05) is 21.9 Å². The Kier molecular flexibility index (Phi) is 8.12. The first kappa shape index (κ1) is 32.2. The molecular weight excluding hydrogens is 669 g/mol. The van der Waals surface area contributed by atoms with E-state index in [-0.39, 0.29) is 0 Å². The van der Waals surface area contributed by atoms with Gasteiger partial charge in [-0.25, -0.2) is 4.98 Å². The van der Waals surface area contributed by atoms with Crippen LogP contribution in [0.15, 0.2) is 206 Å². The van der Waals surface area contributed by atoms with E-state index in [0.29, 0.717) is 17.6 Å². The van der Waals surface area contributed by atoms with Crippen LogP contribution in [0.2, 0.25) is 0 Å². The smallest absolute Gasteiger partial charge is 0.238 e. The molecule has 0 saturated heterocycles. The van der Waals surface area contributed by atoms with Gasteiger partial charge in [0.2, 0.25) is 5.95 Å². The van der Waals surface area contributed by atoms with Gasteiger partial charge in [0.15, 0.2) is 11.6 Å². The van der Waals surface area contributed by atoms with Crippen LogP contribution in [-0.2, 0) is 0 Å². The van der Waals surface area contributed by atoms with Crippen molar-refractivity contribution in [2.45, 2.75) is 0 Å². The third-order valence-corrected chi connectivity index (χ3v) is 10.3. The lowest BCUT2D eigenvalue weighted by Crippen LogP contribution is -2.06. The maximum atomic E-state index is 5.32. The largest absolute Gasteiger partial charge is 0.278 e. The van der Waals surface area contributed by atoms with Crippen molar-refractivity contribution >= 4 is 21.8 Å². The second kappa shape index (κ2) is 13.8. The number of para-hydroxylation sites is 1. The molecule has 0 unspecified atom stereocenters. The molecule has 0 radical (unpaired) electrons. The zero-order chi connectivity index (χ0) is 36.6. The SMILES string of the molecule is c1ccc(-c2cccc(-c3nc(-c4ccccc4)nc(-n4c5ccccc5c5c(-c6ccccc6)cc(-c6ccccc6-c6ccccc6)cc54)n3)c2)cc1. The van der Waals surface area contributed by atoms with Gasteiger partial charge >= 0.3 is 0 Å². The van der Waals surface area contributed by atoms with Crippen molar-refractivity contribution in [1.82, 2.24) is 19.5 Å². The fraction of sp³-hybridized carbons (Fsp3) is 0. The first-order valence-electron chi connectivity index (χ1n) is 18.5. The van der Waals surface area contributed by atoms with Gasteiger partial charge in [0.05, 0.1) is 11.0 Å². The Labute approximate surface area is 319 Å². The third kappa shape index (κ3) is 5.96. The van der Waals surface area contributed by atoms with Gasteiger partial charge in [-0.15, -0.1) is 0 Å². The lowest BCUT2D eigenvalue weighted by molar-refractivity contribution is 0.953. The molecule has 0 aliphatic heterocycles. The standard InChI is InChI=1S/C51H34N4/c1-5-18-35(19-6-1)39-26-17-27-40(32-39)50-52-49(38-24-11-4-12-25-38)53-51(54-50)55-46-31-16-15-30-44(46)48-45(37-22-9-3-10-23-37)33-41(34-47(48)55)43-29-14-13-28-42(43)36-20-7-2-8-21-36/h1-34H. The molecular formula is C51H34N4. The molecule has 10 aromatic rings. The summed E-state index contributed by atoms with van der Waals surface area (Å²) in [7, 11) is 0. The Morgan fingerprint density at radius 2 is 0.782 bits per heavy atom. The number of fused-ring (bicyclic) bond motifs is 3. The maximum Gasteiger partial charge on any atom is 0.238 e. The van der Waals surface area contributed by atoms with E-state index in [1.54, 1.807) is 0 Å². The molecule has 0 atom stereocenters. The summed E-state index contributed by atoms with van der Waals surface area (Å²) in [6, 6.07) is 72.3. The van der Waals surface area contributed by atoms with Crippen molar-refractivity contribution in [1.29, 1.82) is 0 Å². The molecule has 2 heterocycles. The molecule has 8 aromatic carbocycles. The van der Waals surface area contributed by atoms with Crippen molar-refractivity contribution in [2.24, 2.45) is 0 Å². The van der Waals surface area contributed by atoms with Crippen molar-refractivity contribution in [3.05, 3.63) is 206 Å². The van der Waals surface area contributed by atoms with E-state index in [9.17, 15) is 0 Å². The summed E-state index contributed by atoms with van der Waals surface area (Å²) >= 11 is 0. The van der Waals surface area contributed by atoms with Gasteiger partial charge in [-0.05, 0) is 68.8 Å². The van der Waals surface area contributed by atoms with Crippen molar-refractivity contribution < 1.29 is 0 Å². The van der Waals surface area contributed by atoms with Crippen molar-refractivity contribution in [3.8, 4) is 73.2 Å². The Morgan fingerprint density at radius 1 is 0.291 bits per heavy atom. The second-order valence-electron chi connectivity index (χ2n) is 13.6. The van der Waals surface area contributed by atoms with Crippen LogP contribution in [0.1, 0.15) is 0 Å². The van der Waals surface area contributed by atoms with Crippen LogP contribution in [-0.4, -0.2) is 19.5 Å². The molecule has 10 rings (SSSR count). The normalized spacial score (nSPS) is 11.3. The topological polar surface area (TPSA) is 43.6 Å². The van der Waals surface area contributed by atoms with Crippen LogP contribution in [0, 0.1) is 0 Å². The predicted octanol–water partition coefficient (Wildman–Crippen LogP) is 13.0. The lowest BCUT2D eigenvalue weighted by Gasteiger charge is -2.15. The molecule has 0 aliphatic rings. The van der Waals surface area contributed by atoms with Crippen LogP contribution in [0.5, 0.6) is 0 Å². The van der Waals surface area contributed by atoms with Crippen molar-refractivity contribution in [3.63, 3.8) is 0 Å². The molecule has 4 nitrogen and oxygen atoms in total. The first-order valence-corrected chi connectivity index (χ1v) is 18.5. The molecule has 0 aliphatic carbocycles. The first-order chi connectivity index (χ1) is 27.3. The van der Waals surface area contributed by atoms with Crippen LogP contribution in [0.4, 0.5) is 0 Å². The summed E-state index contributed by atoms with van der Waals surface area (Å²) in [6.07, 6.45) is 0. The minimum Gasteiger partial charge on any atom is -0.278 e. The number of hydrogen-bond donors (Lipinski definition) is 0. The van der Waals surface area contributed by atoms with Gasteiger partial charge in [0.25, 0.3) is 0 Å². The Balaban J connectivity index is 1.28. The molecule has 0 amide bonds. The highest BCUT2D eigenvalue weighted by Gasteiger charge is 2.22. The fourth-order valence-corrected chi connectivity index (χ4v) is 7.70. The van der Waals surface area contributed by atoms with E-state index in [1.807, 2.05) is 24.3 Å². The predicted molar refractivity (Wildman–Crippen MR) is 227 cm³/mol. The molecule has 0 N–H and O–H groups in total. The number of aromatic nitrogens is 4. The molecule has 4 heteroatoms. The van der Waals surface area contributed by atoms with E-state index in [0.717, 1.165) is 66.3 Å². The van der Waals surface area contributed by atoms with E-state index in [2.05, 4.69) is 187 Å². The molecule has 0 fully saturated rings. The van der Waals surface area contributed by atoms with E-state index in [4.69, 9.17) is 15.0 Å². The van der Waals surface area contributed by atoms with Crippen LogP contribution in [0.25, 0.3) is 95.0 Å². The van der Waals surface area contributed by atoms with Gasteiger partial charge in [-0.1, -0.05) is 182 Å². The summed E-state index contributed by atoms with van der Waals surface area (Å²) < 4.78 is 2.23. The number of rotatable bonds is 7. The molecule has 0 bridgehead atoms. The minimum atomic E-state index is 0.563. The number of nitrogens with zero attached hydrogens (tertiary/aromatic N) is 4. The second-order valence-corrected chi connectivity index (χ2v) is 13.6. The van der Waals surface area contributed by atoms with Gasteiger partial charge in [-0.2, -0.15) is 9.97 Å². The number of benzene rings is 8. The fourth-order valence-electron chi connectivity index (χ4n) is 7.70. The Hall–Kier alpha value is -7.43. The highest BCUT2D eigenvalue weighted by atomic mass is 15.2. The van der Waals surface area contributed by atoms with Gasteiger partial charge in [-0.3, -0.25) is 4.57 Å². The monoisotopic (exact) mass is 702 g/mol. The van der Waals surface area contributed by atoms with Crippen LogP contribution >= 0.6 is 0 Å². The van der Waals surface area contributed by atoms with Crippen LogP contribution < -0.4 is 0 Å². The summed E-state index contributed by atoms with van der Waals surface area (Å²) in [4.78, 5) is 15.7. The molecule has 258 valence electrons. The summed E-state index contributed by atoms with van der Waals surface area (Å²) in [5.74, 6) is 1.79. The van der Waals surface area contributed by atoms with Gasteiger partial charge < -0.3 is 0 Å². The zero-order valence-electron chi connectivity index (χ0n) is 29.9. The Morgan fingerprint density at radius 3 is 1.45 bits per heavy atom. The van der Waals surface area contributed by atoms with E-state index < -0.39 is 0 Å². The number of hydrogen-bond acceptors (Lipinski definition) is 3. The summed E-state index contributed by atoms with van der Waals surface area (Å²) in [5, 5.41) is 2.28. The summed E-state index contributed by atoms with van der Waals surface area (Å²) in [5.41, 5.74) is 13.1. The highest BCUT2D eigenvalue weighted by Crippen LogP contribution is 2.43. The molecule has 0 spiro atoms. The van der Waals surface area contributed by atoms with Crippen molar-refractivity contribution in [2.75, 3.05) is 0 Å². The van der Waals surface area contributed by atoms with E-state index in [1.165, 1.54) is 11.1 Å². The lowest BCUT2D eigenvalue weighted by atomic mass is 9.90. The Bertz CT molecular complexity index is 2950. The average Bonchev–Trinajstić information content (AvgIpc) is 3.61. The van der Waals surface area contributed by atoms with Gasteiger partial charge in [0.1, 0.15) is 0 Å². The highest BCUT2D eigenvalue weighted by molar-refractivity contribution is 6.17.